The fourth-order valence-electron chi connectivity index (χ4n) is 3.89. The van der Waals surface area contributed by atoms with Gasteiger partial charge in [-0.05, 0) is 31.5 Å². The van der Waals surface area contributed by atoms with Crippen molar-refractivity contribution in [3.05, 3.63) is 47.7 Å². The minimum Gasteiger partial charge on any atom is -0.369 e. The van der Waals surface area contributed by atoms with Gasteiger partial charge in [0.15, 0.2) is 17.3 Å². The maximum absolute atomic E-state index is 14.4. The average molecular weight is 379 g/mol. The van der Waals surface area contributed by atoms with Crippen molar-refractivity contribution in [3.8, 4) is 0 Å². The lowest BCUT2D eigenvalue weighted by atomic mass is 10.1. The standard InChI is InChI=1S/C20H22FN7/c1-12-7-15-17(9-18(12)27-5-3-22-4-6-27)25-26-19(15)24-14-8-16(21)20-23-13(2)10-28(20)11-14/h7-11,22H,3-6H2,1-2H3,(H2,24,25,26). The third-order valence-electron chi connectivity index (χ3n) is 5.23. The molecule has 7 nitrogen and oxygen atoms in total. The number of aromatic nitrogens is 4. The number of benzene rings is 1. The van der Waals surface area contributed by atoms with Gasteiger partial charge in [0.05, 0.1) is 16.9 Å². The van der Waals surface area contributed by atoms with E-state index >= 15 is 0 Å². The van der Waals surface area contributed by atoms with E-state index in [-0.39, 0.29) is 5.82 Å². The number of fused-ring (bicyclic) bond motifs is 2. The van der Waals surface area contributed by atoms with Gasteiger partial charge in [-0.2, -0.15) is 5.10 Å². The van der Waals surface area contributed by atoms with Crippen LogP contribution >= 0.6 is 0 Å². The van der Waals surface area contributed by atoms with E-state index in [1.165, 1.54) is 17.3 Å². The monoisotopic (exact) mass is 379 g/mol. The molecule has 0 aliphatic carbocycles. The summed E-state index contributed by atoms with van der Waals surface area (Å²) in [6.45, 7) is 7.95. The second-order valence-corrected chi connectivity index (χ2v) is 7.31. The maximum atomic E-state index is 14.4. The second kappa shape index (κ2) is 6.49. The van der Waals surface area contributed by atoms with Crippen molar-refractivity contribution in [3.63, 3.8) is 0 Å². The highest BCUT2D eigenvalue weighted by Crippen LogP contribution is 2.31. The molecule has 0 saturated carbocycles. The van der Waals surface area contributed by atoms with Gasteiger partial charge in [-0.25, -0.2) is 9.37 Å². The molecular formula is C20H22FN7. The molecule has 5 rings (SSSR count). The Kier molecular flexibility index (Phi) is 3.94. The zero-order valence-electron chi connectivity index (χ0n) is 15.9. The molecule has 4 aromatic rings. The first-order valence-corrected chi connectivity index (χ1v) is 9.45. The first-order chi connectivity index (χ1) is 13.6. The van der Waals surface area contributed by atoms with Crippen molar-refractivity contribution < 1.29 is 4.39 Å². The quantitative estimate of drug-likeness (QED) is 0.510. The van der Waals surface area contributed by atoms with Crippen LogP contribution in [-0.4, -0.2) is 45.8 Å². The van der Waals surface area contributed by atoms with Crippen LogP contribution in [0.5, 0.6) is 0 Å². The van der Waals surface area contributed by atoms with Gasteiger partial charge in [0.2, 0.25) is 0 Å². The summed E-state index contributed by atoms with van der Waals surface area (Å²) in [6.07, 6.45) is 3.62. The first kappa shape index (κ1) is 17.0. The number of rotatable bonds is 3. The molecule has 28 heavy (non-hydrogen) atoms. The number of hydrogen-bond acceptors (Lipinski definition) is 5. The molecule has 0 atom stereocenters. The van der Waals surface area contributed by atoms with Crippen LogP contribution in [0.3, 0.4) is 0 Å². The number of halogens is 1. The van der Waals surface area contributed by atoms with Crippen LogP contribution < -0.4 is 15.5 Å². The van der Waals surface area contributed by atoms with Crippen LogP contribution in [0, 0.1) is 19.7 Å². The molecule has 1 aliphatic heterocycles. The largest absolute Gasteiger partial charge is 0.369 e. The Balaban J connectivity index is 1.50. The number of aromatic amines is 1. The van der Waals surface area contributed by atoms with Crippen molar-refractivity contribution in [2.45, 2.75) is 13.8 Å². The third-order valence-corrected chi connectivity index (χ3v) is 5.23. The molecule has 8 heteroatoms. The zero-order valence-corrected chi connectivity index (χ0v) is 15.9. The summed E-state index contributed by atoms with van der Waals surface area (Å²) in [4.78, 5) is 6.59. The summed E-state index contributed by atoms with van der Waals surface area (Å²) in [6, 6.07) is 5.73. The molecule has 0 unspecified atom stereocenters. The molecule has 1 saturated heterocycles. The normalized spacial score (nSPS) is 14.9. The summed E-state index contributed by atoms with van der Waals surface area (Å²) in [7, 11) is 0. The number of H-pyrrole nitrogens is 1. The van der Waals surface area contributed by atoms with Gasteiger partial charge in [0, 0.05) is 55.7 Å². The summed E-state index contributed by atoms with van der Waals surface area (Å²) in [5.74, 6) is 0.315. The molecule has 0 bridgehead atoms. The van der Waals surface area contributed by atoms with E-state index in [0.29, 0.717) is 17.2 Å². The highest BCUT2D eigenvalue weighted by molar-refractivity contribution is 5.94. The Bertz CT molecular complexity index is 1170. The average Bonchev–Trinajstić information content (AvgIpc) is 3.25. The highest BCUT2D eigenvalue weighted by Gasteiger charge is 2.16. The number of pyridine rings is 1. The van der Waals surface area contributed by atoms with Gasteiger partial charge >= 0.3 is 0 Å². The molecule has 1 aliphatic rings. The summed E-state index contributed by atoms with van der Waals surface area (Å²) in [5, 5.41) is 15.1. The van der Waals surface area contributed by atoms with Crippen LogP contribution in [0.2, 0.25) is 0 Å². The van der Waals surface area contributed by atoms with E-state index < -0.39 is 0 Å². The Morgan fingerprint density at radius 3 is 2.75 bits per heavy atom. The number of imidazole rings is 1. The van der Waals surface area contributed by atoms with E-state index in [2.05, 4.69) is 49.8 Å². The zero-order chi connectivity index (χ0) is 19.3. The molecule has 1 aromatic carbocycles. The number of nitrogens with one attached hydrogen (secondary N) is 3. The van der Waals surface area contributed by atoms with Crippen LogP contribution in [0.1, 0.15) is 11.3 Å². The van der Waals surface area contributed by atoms with Crippen LogP contribution in [-0.2, 0) is 0 Å². The minimum atomic E-state index is -0.366. The number of hydrogen-bond donors (Lipinski definition) is 3. The fourth-order valence-corrected chi connectivity index (χ4v) is 3.89. The number of aryl methyl sites for hydroxylation is 2. The molecule has 3 N–H and O–H groups in total. The molecule has 0 amide bonds. The molecule has 144 valence electrons. The van der Waals surface area contributed by atoms with Gasteiger partial charge in [-0.15, -0.1) is 0 Å². The number of piperazine rings is 1. The number of nitrogens with zero attached hydrogens (tertiary/aromatic N) is 4. The summed E-state index contributed by atoms with van der Waals surface area (Å²) >= 11 is 0. The summed E-state index contributed by atoms with van der Waals surface area (Å²) < 4.78 is 16.1. The van der Waals surface area contributed by atoms with Crippen molar-refractivity contribution in [2.24, 2.45) is 0 Å². The molecule has 1 fully saturated rings. The van der Waals surface area contributed by atoms with Gasteiger partial charge < -0.3 is 19.9 Å². The van der Waals surface area contributed by atoms with Crippen molar-refractivity contribution in [1.29, 1.82) is 0 Å². The fraction of sp³-hybridized carbons (Fsp3) is 0.300. The lowest BCUT2D eigenvalue weighted by molar-refractivity contribution is 0.588. The van der Waals surface area contributed by atoms with Crippen molar-refractivity contribution in [2.75, 3.05) is 36.4 Å². The Hall–Kier alpha value is -3.13. The molecule has 0 spiro atoms. The topological polar surface area (TPSA) is 73.3 Å². The first-order valence-electron chi connectivity index (χ1n) is 9.45. The Morgan fingerprint density at radius 1 is 1.11 bits per heavy atom. The number of anilines is 3. The Labute approximate surface area is 161 Å². The predicted octanol–water partition coefficient (Wildman–Crippen LogP) is 3.12. The van der Waals surface area contributed by atoms with Gasteiger partial charge in [-0.3, -0.25) is 5.10 Å². The van der Waals surface area contributed by atoms with Crippen molar-refractivity contribution in [1.82, 2.24) is 24.9 Å². The maximum Gasteiger partial charge on any atom is 0.173 e. The van der Waals surface area contributed by atoms with E-state index in [9.17, 15) is 4.39 Å². The smallest absolute Gasteiger partial charge is 0.173 e. The van der Waals surface area contributed by atoms with Crippen LogP contribution in [0.25, 0.3) is 16.6 Å². The van der Waals surface area contributed by atoms with E-state index in [0.717, 1.165) is 42.8 Å². The molecular weight excluding hydrogens is 357 g/mol. The molecule has 0 radical (unpaired) electrons. The van der Waals surface area contributed by atoms with Gasteiger partial charge in [0.1, 0.15) is 0 Å². The highest BCUT2D eigenvalue weighted by atomic mass is 19.1. The molecule has 4 heterocycles. The third kappa shape index (κ3) is 2.86. The van der Waals surface area contributed by atoms with Gasteiger partial charge in [0.25, 0.3) is 0 Å². The van der Waals surface area contributed by atoms with Crippen LogP contribution in [0.4, 0.5) is 21.6 Å². The van der Waals surface area contributed by atoms with Crippen LogP contribution in [0.15, 0.2) is 30.6 Å². The van der Waals surface area contributed by atoms with Gasteiger partial charge in [-0.1, -0.05) is 0 Å². The SMILES string of the molecule is Cc1cn2cc(Nc3n[nH]c4cc(N5CCNCC5)c(C)cc34)cc(F)c2n1. The molecule has 3 aromatic heterocycles. The lowest BCUT2D eigenvalue weighted by Crippen LogP contribution is -2.43. The Morgan fingerprint density at radius 2 is 1.93 bits per heavy atom. The lowest BCUT2D eigenvalue weighted by Gasteiger charge is -2.30. The minimum absolute atomic E-state index is 0.325. The summed E-state index contributed by atoms with van der Waals surface area (Å²) in [5.41, 5.74) is 5.11. The predicted molar refractivity (Wildman–Crippen MR) is 109 cm³/mol. The van der Waals surface area contributed by atoms with E-state index in [4.69, 9.17) is 0 Å². The van der Waals surface area contributed by atoms with E-state index in [1.807, 2.05) is 13.1 Å². The second-order valence-electron chi connectivity index (χ2n) is 7.31. The van der Waals surface area contributed by atoms with Crippen molar-refractivity contribution >= 4 is 33.7 Å². The van der Waals surface area contributed by atoms with E-state index in [1.54, 1.807) is 10.6 Å².